The number of rotatable bonds is 61. The lowest BCUT2D eigenvalue weighted by atomic mass is 9.96. The van der Waals surface area contributed by atoms with Gasteiger partial charge in [-0.25, -0.2) is 0 Å². The zero-order valence-electron chi connectivity index (χ0n) is 59.4. The van der Waals surface area contributed by atoms with Gasteiger partial charge in [0.15, 0.2) is 18.9 Å². The summed E-state index contributed by atoms with van der Waals surface area (Å²) in [5.74, 6) is -0.283. The van der Waals surface area contributed by atoms with Crippen LogP contribution in [0.1, 0.15) is 309 Å². The summed E-state index contributed by atoms with van der Waals surface area (Å²) >= 11 is 0. The van der Waals surface area contributed by atoms with E-state index in [4.69, 9.17) is 28.4 Å². The van der Waals surface area contributed by atoms with Crippen LogP contribution in [0.4, 0.5) is 0 Å². The summed E-state index contributed by atoms with van der Waals surface area (Å²) in [5.41, 5.74) is 0. The maximum atomic E-state index is 13.4. The molecule has 3 heterocycles. The molecule has 19 heteroatoms. The van der Waals surface area contributed by atoms with Gasteiger partial charge in [-0.3, -0.25) is 4.79 Å². The van der Waals surface area contributed by atoms with Crippen LogP contribution in [0, 0.1) is 0 Å². The summed E-state index contributed by atoms with van der Waals surface area (Å²) < 4.78 is 34.4. The molecule has 0 aromatic heterocycles. The highest BCUT2D eigenvalue weighted by molar-refractivity contribution is 5.76. The van der Waals surface area contributed by atoms with E-state index < -0.39 is 124 Å². The van der Waals surface area contributed by atoms with Crippen LogP contribution >= 0.6 is 0 Å². The third-order valence-electron chi connectivity index (χ3n) is 19.4. The molecule has 0 aliphatic carbocycles. The summed E-state index contributed by atoms with van der Waals surface area (Å²) in [7, 11) is 0. The second-order valence-corrected chi connectivity index (χ2v) is 27.8. The molecule has 3 aliphatic heterocycles. The Balaban J connectivity index is 1.40. The molecule has 3 saturated heterocycles. The average molecular weight is 1360 g/mol. The highest BCUT2D eigenvalue weighted by Crippen LogP contribution is 2.33. The van der Waals surface area contributed by atoms with Crippen LogP contribution in [0.2, 0.25) is 0 Å². The molecular weight excluding hydrogens is 1210 g/mol. The number of nitrogens with one attached hydrogen (secondary N) is 1. The lowest BCUT2D eigenvalue weighted by Crippen LogP contribution is -2.66. The first-order valence-electron chi connectivity index (χ1n) is 38.7. The van der Waals surface area contributed by atoms with E-state index in [2.05, 4.69) is 43.5 Å². The zero-order valence-corrected chi connectivity index (χ0v) is 59.4. The third kappa shape index (κ3) is 38.6. The van der Waals surface area contributed by atoms with Crippen LogP contribution in [0.5, 0.6) is 0 Å². The highest BCUT2D eigenvalue weighted by Gasteiger charge is 2.53. The number of hydrogen-bond acceptors (Lipinski definition) is 18. The third-order valence-corrected chi connectivity index (χ3v) is 19.4. The van der Waals surface area contributed by atoms with E-state index in [1.807, 2.05) is 6.08 Å². The Bertz CT molecular complexity index is 1860. The Morgan fingerprint density at radius 2 is 0.674 bits per heavy atom. The minimum absolute atomic E-state index is 0.236. The van der Waals surface area contributed by atoms with Gasteiger partial charge >= 0.3 is 0 Å². The van der Waals surface area contributed by atoms with Crippen LogP contribution in [0.15, 0.2) is 36.5 Å². The Hall–Kier alpha value is -1.99. The van der Waals surface area contributed by atoms with Gasteiger partial charge in [0.05, 0.1) is 38.6 Å². The van der Waals surface area contributed by atoms with Gasteiger partial charge in [-0.2, -0.15) is 0 Å². The Morgan fingerprint density at radius 1 is 0.368 bits per heavy atom. The Kier molecular flexibility index (Phi) is 52.9. The Morgan fingerprint density at radius 3 is 1.05 bits per heavy atom. The van der Waals surface area contributed by atoms with Gasteiger partial charge in [-0.15, -0.1) is 0 Å². The molecule has 0 saturated carbocycles. The van der Waals surface area contributed by atoms with E-state index in [-0.39, 0.29) is 18.9 Å². The first-order valence-corrected chi connectivity index (χ1v) is 38.7. The molecule has 3 rings (SSSR count). The van der Waals surface area contributed by atoms with Crippen molar-refractivity contribution >= 4 is 5.91 Å². The van der Waals surface area contributed by atoms with Crippen LogP contribution in [-0.4, -0.2) is 193 Å². The molecule has 12 N–H and O–H groups in total. The van der Waals surface area contributed by atoms with Gasteiger partial charge < -0.3 is 89.9 Å². The normalized spacial score (nSPS) is 27.4. The van der Waals surface area contributed by atoms with Crippen molar-refractivity contribution in [1.82, 2.24) is 5.32 Å². The molecular formula is C76H141NO18. The monoisotopic (exact) mass is 1360 g/mol. The molecule has 3 fully saturated rings. The van der Waals surface area contributed by atoms with Crippen molar-refractivity contribution in [2.75, 3.05) is 26.4 Å². The zero-order chi connectivity index (χ0) is 68.9. The van der Waals surface area contributed by atoms with E-state index in [1.54, 1.807) is 6.08 Å². The number of ether oxygens (including phenoxy) is 6. The number of carbonyl (C=O) groups excluding carboxylic acids is 1. The average Bonchev–Trinajstić information content (AvgIpc) is 0.787. The summed E-state index contributed by atoms with van der Waals surface area (Å²) in [6.45, 7) is 1.75. The topological polar surface area (TPSA) is 307 Å². The second kappa shape index (κ2) is 57.6. The number of unbranched alkanes of at least 4 members (excludes halogenated alkanes) is 41. The molecule has 558 valence electrons. The fourth-order valence-electron chi connectivity index (χ4n) is 13.2. The summed E-state index contributed by atoms with van der Waals surface area (Å²) in [6, 6.07) is -0.995. The fraction of sp³-hybridized carbons (Fsp3) is 0.908. The maximum Gasteiger partial charge on any atom is 0.220 e. The molecule has 3 aliphatic rings. The van der Waals surface area contributed by atoms with Crippen molar-refractivity contribution in [2.24, 2.45) is 0 Å². The molecule has 0 aromatic carbocycles. The van der Waals surface area contributed by atoms with E-state index in [0.717, 1.165) is 44.9 Å². The first kappa shape index (κ1) is 87.2. The van der Waals surface area contributed by atoms with E-state index >= 15 is 0 Å². The van der Waals surface area contributed by atoms with Crippen molar-refractivity contribution in [3.05, 3.63) is 36.5 Å². The predicted octanol–water partition coefficient (Wildman–Crippen LogP) is 11.9. The minimum atomic E-state index is -1.98. The first-order chi connectivity index (χ1) is 46.3. The smallest absolute Gasteiger partial charge is 0.220 e. The number of carbonyl (C=O) groups is 1. The van der Waals surface area contributed by atoms with Crippen LogP contribution in [0.3, 0.4) is 0 Å². The number of aliphatic hydroxyl groups is 11. The van der Waals surface area contributed by atoms with Gasteiger partial charge in [-0.05, 0) is 44.9 Å². The lowest BCUT2D eigenvalue weighted by molar-refractivity contribution is -0.379. The Labute approximate surface area is 574 Å². The van der Waals surface area contributed by atoms with Crippen LogP contribution in [0.25, 0.3) is 0 Å². The van der Waals surface area contributed by atoms with E-state index in [0.29, 0.717) is 12.8 Å². The lowest BCUT2D eigenvalue weighted by Gasteiger charge is -2.48. The predicted molar refractivity (Wildman–Crippen MR) is 374 cm³/mol. The van der Waals surface area contributed by atoms with Crippen LogP contribution in [-0.2, 0) is 33.2 Å². The standard InChI is InChI=1S/C76H141NO18/c1-3-5-7-9-11-13-15-17-19-21-23-25-26-27-28-29-30-31-32-34-36-38-40-42-44-46-48-50-52-54-64(82)77-59(60(81)53-51-49-47-45-43-41-39-37-35-33-24-22-20-18-16-14-12-10-8-6-4-2)58-90-74-70(88)67(85)72(62(56-79)92-74)95-76-71(89)68(86)73(63(57-80)93-76)94-75-69(87)66(84)65(83)61(55-78)91-75/h35,37,43,45,51,53,59-63,65-76,78-81,83-89H,3-34,36,38-42,44,46-50,52,54-58H2,1-2H3,(H,77,82)/b37-35+,45-43+,53-51+. The number of aliphatic hydroxyl groups excluding tert-OH is 11. The molecule has 19 nitrogen and oxygen atoms in total. The van der Waals surface area contributed by atoms with Crippen molar-refractivity contribution in [3.63, 3.8) is 0 Å². The molecule has 17 unspecified atom stereocenters. The number of allylic oxidation sites excluding steroid dienone is 5. The van der Waals surface area contributed by atoms with Crippen molar-refractivity contribution in [1.29, 1.82) is 0 Å². The van der Waals surface area contributed by atoms with Gasteiger partial charge in [-0.1, -0.05) is 294 Å². The molecule has 0 aromatic rings. The molecule has 0 radical (unpaired) electrons. The molecule has 0 spiro atoms. The van der Waals surface area contributed by atoms with Gasteiger partial charge in [0.2, 0.25) is 5.91 Å². The van der Waals surface area contributed by atoms with E-state index in [1.165, 1.54) is 231 Å². The largest absolute Gasteiger partial charge is 0.394 e. The van der Waals surface area contributed by atoms with Gasteiger partial charge in [0.1, 0.15) is 73.2 Å². The number of amides is 1. The molecule has 17 atom stereocenters. The minimum Gasteiger partial charge on any atom is -0.394 e. The van der Waals surface area contributed by atoms with Gasteiger partial charge in [0, 0.05) is 6.42 Å². The second-order valence-electron chi connectivity index (χ2n) is 27.8. The molecule has 95 heavy (non-hydrogen) atoms. The SMILES string of the molecule is CCCCCCCCCCCCC/C=C/CC/C=C/CC/C=C/C(O)C(COC1OC(CO)C(OC2OC(CO)C(OC3OC(CO)C(O)C(O)C3O)C(O)C2O)C(O)C1O)NC(=O)CCCCCCCCCCCCCCCCCCCCCCCCCCCCCCC. The number of hydrogen-bond donors (Lipinski definition) is 12. The fourth-order valence-corrected chi connectivity index (χ4v) is 13.2. The maximum absolute atomic E-state index is 13.4. The summed E-state index contributed by atoms with van der Waals surface area (Å²) in [4.78, 5) is 13.4. The highest BCUT2D eigenvalue weighted by atomic mass is 16.8. The molecule has 1 amide bonds. The van der Waals surface area contributed by atoms with Crippen molar-refractivity contribution in [3.8, 4) is 0 Å². The quantitative estimate of drug-likeness (QED) is 0.0199. The van der Waals surface area contributed by atoms with Gasteiger partial charge in [0.25, 0.3) is 0 Å². The molecule has 0 bridgehead atoms. The summed E-state index contributed by atoms with van der Waals surface area (Å²) in [5, 5.41) is 121. The van der Waals surface area contributed by atoms with Crippen molar-refractivity contribution < 1.29 is 89.4 Å². The van der Waals surface area contributed by atoms with Crippen LogP contribution < -0.4 is 5.32 Å². The summed E-state index contributed by atoms with van der Waals surface area (Å²) in [6.07, 6.45) is 42.8. The van der Waals surface area contributed by atoms with Crippen molar-refractivity contribution in [2.45, 2.75) is 413 Å². The van der Waals surface area contributed by atoms with E-state index in [9.17, 15) is 61.0 Å².